The van der Waals surface area contributed by atoms with Crippen LogP contribution in [-0.2, 0) is 6.61 Å². The Labute approximate surface area is 189 Å². The number of hydrogen-bond acceptors (Lipinski definition) is 4. The minimum absolute atomic E-state index is 0.0647. The van der Waals surface area contributed by atoms with Crippen LogP contribution in [0.3, 0.4) is 0 Å². The van der Waals surface area contributed by atoms with Crippen molar-refractivity contribution in [3.63, 3.8) is 0 Å². The van der Waals surface area contributed by atoms with Crippen LogP contribution in [0.25, 0.3) is 5.69 Å². The highest BCUT2D eigenvalue weighted by atomic mass is 79.9. The van der Waals surface area contributed by atoms with Crippen LogP contribution in [-0.4, -0.2) is 29.9 Å². The van der Waals surface area contributed by atoms with Crippen LogP contribution in [0.1, 0.15) is 11.3 Å². The van der Waals surface area contributed by atoms with Crippen molar-refractivity contribution in [3.8, 4) is 11.4 Å². The van der Waals surface area contributed by atoms with Gasteiger partial charge in [-0.05, 0) is 41.1 Å². The Balaban J connectivity index is 2.06. The first-order valence-electron chi connectivity index (χ1n) is 9.44. The maximum absolute atomic E-state index is 14.8. The van der Waals surface area contributed by atoms with Gasteiger partial charge in [-0.1, -0.05) is 0 Å². The maximum atomic E-state index is 14.8. The van der Waals surface area contributed by atoms with E-state index < -0.39 is 28.8 Å². The number of benzene rings is 2. The van der Waals surface area contributed by atoms with Gasteiger partial charge in [-0.3, -0.25) is 9.36 Å². The van der Waals surface area contributed by atoms with E-state index in [0.717, 1.165) is 22.8 Å². The van der Waals surface area contributed by atoms with Gasteiger partial charge < -0.3 is 14.7 Å². The fraction of sp³-hybridized carbons (Fsp3) is 0.227. The van der Waals surface area contributed by atoms with E-state index in [-0.39, 0.29) is 52.6 Å². The molecule has 2 aromatic carbocycles. The van der Waals surface area contributed by atoms with Crippen LogP contribution in [0, 0.1) is 30.2 Å². The predicted octanol–water partition coefficient (Wildman–Crippen LogP) is 4.47. The summed E-state index contributed by atoms with van der Waals surface area (Å²) in [7, 11) is 1.53. The third-order valence-electron chi connectivity index (χ3n) is 4.78. The Morgan fingerprint density at radius 2 is 1.75 bits per heavy atom. The van der Waals surface area contributed by atoms with Crippen molar-refractivity contribution in [1.82, 2.24) is 4.57 Å². The molecule has 0 spiro atoms. The summed E-state index contributed by atoms with van der Waals surface area (Å²) in [4.78, 5) is 14.5. The number of aryl methyl sites for hydroxylation is 1. The van der Waals surface area contributed by atoms with Gasteiger partial charge in [0.2, 0.25) is 0 Å². The Bertz CT molecular complexity index is 1220. The first-order valence-corrected chi connectivity index (χ1v) is 10.2. The first-order chi connectivity index (χ1) is 15.1. The smallest absolute Gasteiger partial charge is 0.273 e. The average Bonchev–Trinajstić information content (AvgIpc) is 2.72. The molecule has 0 fully saturated rings. The lowest BCUT2D eigenvalue weighted by atomic mass is 10.2. The topological polar surface area (TPSA) is 54.7 Å². The maximum Gasteiger partial charge on any atom is 0.273 e. The van der Waals surface area contributed by atoms with Crippen LogP contribution >= 0.6 is 15.9 Å². The fourth-order valence-corrected chi connectivity index (χ4v) is 3.60. The van der Waals surface area contributed by atoms with Crippen LogP contribution < -0.4 is 15.2 Å². The molecule has 0 aliphatic heterocycles. The van der Waals surface area contributed by atoms with Gasteiger partial charge in [0, 0.05) is 43.0 Å². The molecular weight excluding hydrogens is 496 g/mol. The molecule has 0 aliphatic rings. The summed E-state index contributed by atoms with van der Waals surface area (Å²) in [6.07, 6.45) is 0. The molecule has 1 heterocycles. The first kappa shape index (κ1) is 23.8. The molecule has 32 heavy (non-hydrogen) atoms. The molecule has 5 nitrogen and oxygen atoms in total. The molecule has 0 saturated heterocycles. The van der Waals surface area contributed by atoms with Gasteiger partial charge in [-0.15, -0.1) is 0 Å². The quantitative estimate of drug-likeness (QED) is 0.472. The van der Waals surface area contributed by atoms with Crippen molar-refractivity contribution in [3.05, 3.63) is 85.8 Å². The number of hydrogen-bond donors (Lipinski definition) is 1. The SMILES string of the molecule is Cc1cc(OCc2ccc(F)cc2F)c(Br)c(=O)n1-c1c(F)cc(F)cc1N(C)CCO. The van der Waals surface area contributed by atoms with Gasteiger partial charge in [0.1, 0.15) is 40.0 Å². The molecule has 3 rings (SSSR count). The van der Waals surface area contributed by atoms with Gasteiger partial charge in [0.15, 0.2) is 5.82 Å². The summed E-state index contributed by atoms with van der Waals surface area (Å²) < 4.78 is 62.2. The number of halogens is 5. The Morgan fingerprint density at radius 3 is 2.41 bits per heavy atom. The molecule has 0 amide bonds. The molecule has 0 unspecified atom stereocenters. The molecule has 1 aromatic heterocycles. The highest BCUT2D eigenvalue weighted by Gasteiger charge is 2.22. The molecular formula is C22H19BrF4N2O3. The molecule has 0 atom stereocenters. The van der Waals surface area contributed by atoms with Crippen molar-refractivity contribution >= 4 is 21.6 Å². The minimum atomic E-state index is -0.969. The number of rotatable bonds is 7. The number of ether oxygens (including phenoxy) is 1. The van der Waals surface area contributed by atoms with E-state index in [4.69, 9.17) is 4.74 Å². The zero-order chi connectivity index (χ0) is 23.6. The number of aliphatic hydroxyl groups excluding tert-OH is 1. The van der Waals surface area contributed by atoms with Crippen LogP contribution in [0.5, 0.6) is 5.75 Å². The molecule has 0 aliphatic carbocycles. The number of likely N-dealkylation sites (N-methyl/N-ethyl adjacent to an activating group) is 1. The van der Waals surface area contributed by atoms with E-state index in [9.17, 15) is 27.5 Å². The minimum Gasteiger partial charge on any atom is -0.487 e. The lowest BCUT2D eigenvalue weighted by Crippen LogP contribution is -2.28. The predicted molar refractivity (Wildman–Crippen MR) is 115 cm³/mol. The highest BCUT2D eigenvalue weighted by molar-refractivity contribution is 9.10. The van der Waals surface area contributed by atoms with E-state index in [1.54, 1.807) is 0 Å². The number of pyridine rings is 1. The van der Waals surface area contributed by atoms with E-state index in [2.05, 4.69) is 15.9 Å². The Kier molecular flexibility index (Phi) is 7.25. The van der Waals surface area contributed by atoms with Crippen molar-refractivity contribution in [2.75, 3.05) is 25.1 Å². The van der Waals surface area contributed by atoms with Gasteiger partial charge in [-0.25, -0.2) is 17.6 Å². The van der Waals surface area contributed by atoms with Gasteiger partial charge in [0.25, 0.3) is 5.56 Å². The summed E-state index contributed by atoms with van der Waals surface area (Å²) >= 11 is 3.14. The van der Waals surface area contributed by atoms with Gasteiger partial charge in [-0.2, -0.15) is 0 Å². The number of anilines is 1. The monoisotopic (exact) mass is 514 g/mol. The highest BCUT2D eigenvalue weighted by Crippen LogP contribution is 2.31. The molecule has 0 saturated carbocycles. The van der Waals surface area contributed by atoms with Gasteiger partial charge >= 0.3 is 0 Å². The van der Waals surface area contributed by atoms with Crippen LogP contribution in [0.2, 0.25) is 0 Å². The third kappa shape index (κ3) is 4.81. The largest absolute Gasteiger partial charge is 0.487 e. The van der Waals surface area contributed by atoms with Crippen LogP contribution in [0.15, 0.2) is 45.7 Å². The van der Waals surface area contributed by atoms with Gasteiger partial charge in [0.05, 0.1) is 12.3 Å². The van der Waals surface area contributed by atoms with Crippen molar-refractivity contribution in [2.24, 2.45) is 0 Å². The molecule has 1 N–H and O–H groups in total. The summed E-state index contributed by atoms with van der Waals surface area (Å²) in [5, 5.41) is 9.21. The number of nitrogens with zero attached hydrogens (tertiary/aromatic N) is 2. The number of aliphatic hydroxyl groups is 1. The Hall–Kier alpha value is -2.85. The zero-order valence-corrected chi connectivity index (χ0v) is 18.7. The molecule has 0 bridgehead atoms. The standard InChI is InChI=1S/C22H19BrF4N2O3/c1-12-7-19(32-11-13-3-4-14(24)8-16(13)26)20(23)22(31)29(12)21-17(27)9-15(25)10-18(21)28(2)5-6-30/h3-4,7-10,30H,5-6,11H2,1-2H3. The molecule has 10 heteroatoms. The fourth-order valence-electron chi connectivity index (χ4n) is 3.19. The summed E-state index contributed by atoms with van der Waals surface area (Å²) in [6.45, 7) is 1.06. The van der Waals surface area contributed by atoms with Crippen molar-refractivity contribution < 1.29 is 27.4 Å². The molecule has 0 radical (unpaired) electrons. The van der Waals surface area contributed by atoms with E-state index in [1.165, 1.54) is 31.0 Å². The second-order valence-electron chi connectivity index (χ2n) is 7.03. The summed E-state index contributed by atoms with van der Waals surface area (Å²) in [5.74, 6) is -3.26. The van der Waals surface area contributed by atoms with Crippen LogP contribution in [0.4, 0.5) is 23.2 Å². The lowest BCUT2D eigenvalue weighted by Gasteiger charge is -2.24. The Morgan fingerprint density at radius 1 is 1.06 bits per heavy atom. The third-order valence-corrected chi connectivity index (χ3v) is 5.51. The summed E-state index contributed by atoms with van der Waals surface area (Å²) in [6, 6.07) is 6.19. The van der Waals surface area contributed by atoms with E-state index in [0.29, 0.717) is 6.07 Å². The van der Waals surface area contributed by atoms with Crippen molar-refractivity contribution in [2.45, 2.75) is 13.5 Å². The normalized spacial score (nSPS) is 11.0. The zero-order valence-electron chi connectivity index (χ0n) is 17.1. The second-order valence-corrected chi connectivity index (χ2v) is 7.82. The second kappa shape index (κ2) is 9.74. The molecule has 170 valence electrons. The van der Waals surface area contributed by atoms with E-state index >= 15 is 0 Å². The summed E-state index contributed by atoms with van der Waals surface area (Å²) in [5.41, 5.74) is -0.476. The number of aromatic nitrogens is 1. The van der Waals surface area contributed by atoms with Crippen molar-refractivity contribution in [1.29, 1.82) is 0 Å². The van der Waals surface area contributed by atoms with E-state index in [1.807, 2.05) is 0 Å². The average molecular weight is 515 g/mol. The lowest BCUT2D eigenvalue weighted by molar-refractivity contribution is 0.296. The molecule has 3 aromatic rings.